The molecule has 7 atom stereocenters. The van der Waals surface area contributed by atoms with Crippen LogP contribution in [0.3, 0.4) is 0 Å². The minimum absolute atomic E-state index is 0. The first kappa shape index (κ1) is 71.4. The van der Waals surface area contributed by atoms with Crippen LogP contribution in [0.2, 0.25) is 0 Å². The van der Waals surface area contributed by atoms with Gasteiger partial charge in [-0.25, -0.2) is 4.79 Å². The van der Waals surface area contributed by atoms with Gasteiger partial charge >= 0.3 is 5.97 Å². The number of carbonyl (C=O) groups excluding carboxylic acids is 4. The number of ether oxygens (including phenoxy) is 3. The van der Waals surface area contributed by atoms with Crippen molar-refractivity contribution in [2.24, 2.45) is 34.0 Å². The Labute approximate surface area is 533 Å². The van der Waals surface area contributed by atoms with E-state index in [4.69, 9.17) is 14.2 Å². The summed E-state index contributed by atoms with van der Waals surface area (Å²) in [5.74, 6) is 1.75. The lowest BCUT2D eigenvalue weighted by molar-refractivity contribution is -0.135. The molecule has 3 aliphatic heterocycles. The van der Waals surface area contributed by atoms with Crippen molar-refractivity contribution in [1.82, 2.24) is 24.9 Å². The summed E-state index contributed by atoms with van der Waals surface area (Å²) in [5, 5.41) is 3.04. The molecule has 0 fully saturated rings. The number of ketones is 1. The predicted octanol–water partition coefficient (Wildman–Crippen LogP) is 15.9. The summed E-state index contributed by atoms with van der Waals surface area (Å²) in [6.45, 7) is 23.6. The molecule has 2 amide bonds. The van der Waals surface area contributed by atoms with Crippen molar-refractivity contribution < 1.29 is 33.4 Å². The van der Waals surface area contributed by atoms with E-state index in [2.05, 4.69) is 157 Å². The van der Waals surface area contributed by atoms with Crippen LogP contribution in [0.5, 0.6) is 11.5 Å². The minimum atomic E-state index is -0.773. The Kier molecular flexibility index (Phi) is 24.2. The average molecular weight is 1210 g/mol. The normalized spacial score (nSPS) is 20.3. The zero-order valence-corrected chi connectivity index (χ0v) is 53.1. The molecule has 12 heteroatoms. The van der Waals surface area contributed by atoms with Crippen LogP contribution in [-0.4, -0.2) is 96.7 Å². The molecular formula is C77H101N5O7. The predicted molar refractivity (Wildman–Crippen MR) is 365 cm³/mol. The number of allylic oxidation sites excluding steroid dienone is 6. The first-order valence-electron chi connectivity index (χ1n) is 29.9. The number of hydrogen-bond acceptors (Lipinski definition) is 10. The second-order valence-corrected chi connectivity index (χ2v) is 26.2. The van der Waals surface area contributed by atoms with Gasteiger partial charge in [-0.05, 0) is 87.7 Å². The number of nitrogens with zero attached hydrogens (tertiary/aromatic N) is 4. The highest BCUT2D eigenvalue weighted by Gasteiger charge is 2.38. The van der Waals surface area contributed by atoms with Crippen LogP contribution in [0, 0.1) is 34.0 Å². The van der Waals surface area contributed by atoms with Gasteiger partial charge in [0.1, 0.15) is 17.5 Å². The number of carbonyl (C=O) groups is 4. The van der Waals surface area contributed by atoms with Crippen LogP contribution in [0.15, 0.2) is 205 Å². The molecule has 10 rings (SSSR count). The number of benzene rings is 4. The van der Waals surface area contributed by atoms with Crippen LogP contribution in [-0.2, 0) is 34.0 Å². The quantitative estimate of drug-likeness (QED) is 0.0965. The maximum Gasteiger partial charge on any atom is 0.337 e. The van der Waals surface area contributed by atoms with Gasteiger partial charge in [-0.3, -0.25) is 14.4 Å². The van der Waals surface area contributed by atoms with Crippen LogP contribution >= 0.6 is 0 Å². The van der Waals surface area contributed by atoms with Crippen LogP contribution in [0.4, 0.5) is 0 Å². The molecule has 476 valence electrons. The zero-order valence-electron chi connectivity index (χ0n) is 53.1. The fourth-order valence-electron chi connectivity index (χ4n) is 11.6. The maximum absolute atomic E-state index is 13.5. The Bertz CT molecular complexity index is 3420. The number of hydrogen-bond donors (Lipinski definition) is 1. The van der Waals surface area contributed by atoms with Gasteiger partial charge in [-0.2, -0.15) is 0 Å². The molecule has 0 saturated heterocycles. The Morgan fingerprint density at radius 3 is 1.49 bits per heavy atom. The third-order valence-corrected chi connectivity index (χ3v) is 16.9. The molecular weight excluding hydrogens is 1110 g/mol. The van der Waals surface area contributed by atoms with Crippen LogP contribution in [0.25, 0.3) is 0 Å². The fraction of sp³-hybridized carbons (Fsp3) is 0.403. The Balaban J connectivity index is 0.000000243. The van der Waals surface area contributed by atoms with Crippen LogP contribution < -0.4 is 14.8 Å². The lowest BCUT2D eigenvalue weighted by atomic mass is 9.80. The smallest absolute Gasteiger partial charge is 0.337 e. The van der Waals surface area contributed by atoms with Gasteiger partial charge in [-0.1, -0.05) is 230 Å². The molecule has 0 aromatic heterocycles. The van der Waals surface area contributed by atoms with E-state index in [1.807, 2.05) is 103 Å². The standard InChI is InChI=1S/C30H35N3O2.C22H27NO3.C22H27NO2.3CH4/c1-30(2,3)24-16-17-25-23(18-24)19-26(33(25)5)28(34)31-27(22-14-10-7-11-15-22)29(35)32(4)20-21-12-8-6-9-13-21;1-22(2,3)18-9-8-15-10-11-23(19(15)13-18)14-17-7-6-16(21(24)26-5)12-20(17)25-4;1-15(24)17-6-7-18(21(12-17)25-5)14-23-11-10-16-8-9-19(13-20(16)23)22(2,3)4;;;/h6-19,23,25,27H,20H2,1-5H3,(H,31,34);6-13,15,19H,14H2,1-5H3;6-13,16,20H,14H2,1-5H3;3*1H4. The van der Waals surface area contributed by atoms with E-state index in [0.717, 1.165) is 41.1 Å². The van der Waals surface area contributed by atoms with Crippen molar-refractivity contribution in [3.8, 4) is 11.5 Å². The first-order valence-corrected chi connectivity index (χ1v) is 29.9. The summed E-state index contributed by atoms with van der Waals surface area (Å²) in [4.78, 5) is 58.7. The van der Waals surface area contributed by atoms with Gasteiger partial charge in [0, 0.05) is 68.2 Å². The zero-order chi connectivity index (χ0) is 62.3. The summed E-state index contributed by atoms with van der Waals surface area (Å²) in [6, 6.07) is 30.5. The Hall–Kier alpha value is -8.38. The summed E-state index contributed by atoms with van der Waals surface area (Å²) in [5.41, 5.74) is 10.1. The van der Waals surface area contributed by atoms with Gasteiger partial charge in [0.15, 0.2) is 5.78 Å². The van der Waals surface area contributed by atoms with E-state index in [1.165, 1.54) is 23.8 Å². The topological polar surface area (TPSA) is 121 Å². The lowest BCUT2D eigenvalue weighted by Gasteiger charge is -2.32. The van der Waals surface area contributed by atoms with Crippen molar-refractivity contribution >= 4 is 23.6 Å². The monoisotopic (exact) mass is 1210 g/mol. The number of nitrogens with one attached hydrogen (secondary N) is 1. The molecule has 4 aromatic rings. The van der Waals surface area contributed by atoms with Gasteiger partial charge < -0.3 is 39.1 Å². The number of amides is 2. The van der Waals surface area contributed by atoms with E-state index in [9.17, 15) is 19.2 Å². The number of esters is 1. The molecule has 12 nitrogen and oxygen atoms in total. The third kappa shape index (κ3) is 17.3. The number of Topliss-reactive ketones (excluding diaryl/α,β-unsaturated/α-hetero) is 1. The minimum Gasteiger partial charge on any atom is -0.496 e. The van der Waals surface area contributed by atoms with Gasteiger partial charge in [0.05, 0.1) is 50.7 Å². The van der Waals surface area contributed by atoms with Gasteiger partial charge in [0.25, 0.3) is 5.91 Å². The largest absolute Gasteiger partial charge is 0.496 e. The molecule has 0 bridgehead atoms. The number of methoxy groups -OCH3 is 3. The summed E-state index contributed by atoms with van der Waals surface area (Å²) >= 11 is 0. The number of fused-ring (bicyclic) bond motifs is 3. The second-order valence-electron chi connectivity index (χ2n) is 26.2. The highest BCUT2D eigenvalue weighted by atomic mass is 16.5. The molecule has 89 heavy (non-hydrogen) atoms. The van der Waals surface area contributed by atoms with E-state index in [0.29, 0.717) is 53.0 Å². The maximum atomic E-state index is 13.5. The molecule has 4 aromatic carbocycles. The number of rotatable bonds is 14. The van der Waals surface area contributed by atoms with Crippen molar-refractivity contribution in [3.63, 3.8) is 0 Å². The highest BCUT2D eigenvalue weighted by molar-refractivity contribution is 5.97. The lowest BCUT2D eigenvalue weighted by Crippen LogP contribution is -2.43. The van der Waals surface area contributed by atoms with Crippen molar-refractivity contribution in [3.05, 3.63) is 238 Å². The van der Waals surface area contributed by atoms with E-state index in [1.54, 1.807) is 45.2 Å². The summed E-state index contributed by atoms with van der Waals surface area (Å²) in [7, 11) is 8.39. The molecule has 3 aliphatic carbocycles. The van der Waals surface area contributed by atoms with Crippen molar-refractivity contribution in [2.45, 2.75) is 135 Å². The summed E-state index contributed by atoms with van der Waals surface area (Å²) < 4.78 is 15.8. The molecule has 3 heterocycles. The van der Waals surface area contributed by atoms with E-state index >= 15 is 0 Å². The molecule has 1 N–H and O–H groups in total. The number of likely N-dealkylation sites (N-methyl/N-ethyl adjacent to an activating group) is 2. The van der Waals surface area contributed by atoms with E-state index in [-0.39, 0.29) is 74.1 Å². The first-order chi connectivity index (χ1) is 40.8. The molecule has 0 saturated carbocycles. The Morgan fingerprint density at radius 1 is 0.562 bits per heavy atom. The molecule has 7 unspecified atom stereocenters. The fourth-order valence-corrected chi connectivity index (χ4v) is 11.6. The van der Waals surface area contributed by atoms with Crippen LogP contribution in [0.1, 0.15) is 141 Å². The molecule has 0 spiro atoms. The Morgan fingerprint density at radius 2 is 1.02 bits per heavy atom. The molecule has 0 radical (unpaired) electrons. The van der Waals surface area contributed by atoms with Crippen molar-refractivity contribution in [1.29, 1.82) is 0 Å². The third-order valence-electron chi connectivity index (χ3n) is 16.9. The van der Waals surface area contributed by atoms with Gasteiger partial charge in [-0.15, -0.1) is 0 Å². The molecule has 6 aliphatic rings. The highest BCUT2D eigenvalue weighted by Crippen LogP contribution is 2.41. The average Bonchev–Trinajstić information content (AvgIpc) is 1.82. The van der Waals surface area contributed by atoms with E-state index < -0.39 is 6.04 Å². The van der Waals surface area contributed by atoms with Crippen molar-refractivity contribution in [2.75, 3.05) is 35.4 Å². The SMILES string of the molecule is C.C.C.CN(Cc1ccccc1)C(=O)C(NC(=O)C1=CC2C=C(C(C)(C)C)C=CC2N1C)c1ccccc1.COC(=O)c1ccc(CN2C=CC3C=CC(C(C)(C)C)=CC32)c(OC)c1.COc1cc(C(C)=O)ccc1CN1C=CC2C=CC(C(C)(C)C)=CC21. The second kappa shape index (κ2) is 30.2. The summed E-state index contributed by atoms with van der Waals surface area (Å²) in [6.07, 6.45) is 31.3. The van der Waals surface area contributed by atoms with Gasteiger partial charge in [0.2, 0.25) is 5.91 Å².